The van der Waals surface area contributed by atoms with Gasteiger partial charge in [-0.2, -0.15) is 11.8 Å². The first-order chi connectivity index (χ1) is 15.3. The number of amides is 1. The molecule has 0 bridgehead atoms. The molecule has 0 aliphatic carbocycles. The van der Waals surface area contributed by atoms with Gasteiger partial charge in [0.05, 0.1) is 6.61 Å². The SMILES string of the molecule is C=CCCSC/C=C/C(=C/c1[nH]c(C(=O)OCC)c(C)c1CCC(=O)O)C(=O)N/C=C/C. The highest BCUT2D eigenvalue weighted by Crippen LogP contribution is 2.24. The number of ether oxygens (including phenoxy) is 1. The summed E-state index contributed by atoms with van der Waals surface area (Å²) in [6.45, 7) is 9.16. The number of carboxylic acid groups (broad SMARTS) is 1. The Bertz CT molecular complexity index is 896. The lowest BCUT2D eigenvalue weighted by Gasteiger charge is -2.04. The average Bonchev–Trinajstić information content (AvgIpc) is 3.07. The number of aliphatic carboxylic acids is 1. The summed E-state index contributed by atoms with van der Waals surface area (Å²) in [5, 5.41) is 11.8. The van der Waals surface area contributed by atoms with Crippen LogP contribution in [-0.4, -0.2) is 46.0 Å². The van der Waals surface area contributed by atoms with Gasteiger partial charge in [-0.05, 0) is 62.8 Å². The van der Waals surface area contributed by atoms with Gasteiger partial charge in [-0.15, -0.1) is 6.58 Å². The van der Waals surface area contributed by atoms with Gasteiger partial charge in [0.25, 0.3) is 5.91 Å². The van der Waals surface area contributed by atoms with Gasteiger partial charge in [0.2, 0.25) is 0 Å². The zero-order valence-electron chi connectivity index (χ0n) is 18.9. The topological polar surface area (TPSA) is 108 Å². The Kier molecular flexibility index (Phi) is 12.6. The average molecular weight is 461 g/mol. The second-order valence-corrected chi connectivity index (χ2v) is 7.91. The number of thioether (sulfide) groups is 1. The zero-order valence-corrected chi connectivity index (χ0v) is 19.7. The summed E-state index contributed by atoms with van der Waals surface area (Å²) in [6.07, 6.45) is 11.4. The first-order valence-electron chi connectivity index (χ1n) is 10.4. The number of esters is 1. The molecule has 0 aliphatic heterocycles. The number of H-pyrrole nitrogens is 1. The summed E-state index contributed by atoms with van der Waals surface area (Å²) in [4.78, 5) is 39.2. The van der Waals surface area contributed by atoms with Crippen LogP contribution < -0.4 is 5.32 Å². The highest BCUT2D eigenvalue weighted by Gasteiger charge is 2.20. The van der Waals surface area contributed by atoms with Gasteiger partial charge in [0.1, 0.15) is 5.69 Å². The van der Waals surface area contributed by atoms with Crippen molar-refractivity contribution >= 4 is 35.7 Å². The van der Waals surface area contributed by atoms with Crippen molar-refractivity contribution in [2.75, 3.05) is 18.1 Å². The number of allylic oxidation sites excluding steroid dienone is 2. The second-order valence-electron chi connectivity index (χ2n) is 6.76. The molecule has 1 rings (SSSR count). The lowest BCUT2D eigenvalue weighted by Crippen LogP contribution is -2.18. The second kappa shape index (κ2) is 14.9. The molecule has 0 spiro atoms. The minimum absolute atomic E-state index is 0.0995. The van der Waals surface area contributed by atoms with Crippen molar-refractivity contribution < 1.29 is 24.2 Å². The van der Waals surface area contributed by atoms with E-state index in [1.54, 1.807) is 50.8 Å². The number of aromatic nitrogens is 1. The number of carboxylic acids is 1. The molecule has 0 saturated heterocycles. The molecule has 0 radical (unpaired) electrons. The van der Waals surface area contributed by atoms with Crippen LogP contribution >= 0.6 is 11.8 Å². The molecule has 0 aromatic carbocycles. The minimum atomic E-state index is -0.944. The highest BCUT2D eigenvalue weighted by atomic mass is 32.2. The largest absolute Gasteiger partial charge is 0.481 e. The summed E-state index contributed by atoms with van der Waals surface area (Å²) >= 11 is 1.72. The van der Waals surface area contributed by atoms with Crippen LogP contribution in [0.2, 0.25) is 0 Å². The third kappa shape index (κ3) is 9.01. The Morgan fingerprint density at radius 1 is 1.31 bits per heavy atom. The van der Waals surface area contributed by atoms with Crippen molar-refractivity contribution in [2.24, 2.45) is 0 Å². The fourth-order valence-corrected chi connectivity index (χ4v) is 3.55. The van der Waals surface area contributed by atoms with Crippen LogP contribution in [-0.2, 0) is 20.7 Å². The van der Waals surface area contributed by atoms with Crippen molar-refractivity contribution in [3.8, 4) is 0 Å². The van der Waals surface area contributed by atoms with E-state index in [2.05, 4.69) is 16.9 Å². The van der Waals surface area contributed by atoms with Crippen LogP contribution in [0, 0.1) is 6.92 Å². The molecule has 8 heteroatoms. The summed E-state index contributed by atoms with van der Waals surface area (Å²) < 4.78 is 5.10. The standard InChI is InChI=1S/C24H32N2O5S/c1-5-8-14-32-15-9-10-18(23(29)25-13-6-2)16-20-19(11-12-21(27)28)17(4)22(26-20)24(30)31-7-3/h5-6,9-10,13,16,26H,1,7-8,11-12,14-15H2,2-4H3,(H,25,29)(H,27,28)/b10-9+,13-6+,18-16-. The molecule has 1 amide bonds. The molecule has 1 aromatic rings. The summed E-state index contributed by atoms with van der Waals surface area (Å²) in [7, 11) is 0. The Morgan fingerprint density at radius 3 is 2.69 bits per heavy atom. The lowest BCUT2D eigenvalue weighted by molar-refractivity contribution is -0.137. The van der Waals surface area contributed by atoms with Gasteiger partial charge >= 0.3 is 11.9 Å². The molecule has 0 atom stereocenters. The van der Waals surface area contributed by atoms with Crippen LogP contribution in [0.1, 0.15) is 54.0 Å². The maximum Gasteiger partial charge on any atom is 0.355 e. The van der Waals surface area contributed by atoms with Crippen LogP contribution in [0.15, 0.2) is 42.7 Å². The molecule has 0 unspecified atom stereocenters. The molecule has 1 aromatic heterocycles. The van der Waals surface area contributed by atoms with E-state index in [0.29, 0.717) is 22.4 Å². The summed E-state index contributed by atoms with van der Waals surface area (Å²) in [6, 6.07) is 0. The third-order valence-electron chi connectivity index (χ3n) is 4.40. The number of hydrogen-bond acceptors (Lipinski definition) is 5. The quantitative estimate of drug-likeness (QED) is 0.125. The monoisotopic (exact) mass is 460 g/mol. The number of rotatable bonds is 14. The Morgan fingerprint density at radius 2 is 2.06 bits per heavy atom. The predicted octanol–water partition coefficient (Wildman–Crippen LogP) is 4.42. The zero-order chi connectivity index (χ0) is 23.9. The van der Waals surface area contributed by atoms with Crippen LogP contribution in [0.3, 0.4) is 0 Å². The Labute approximate surface area is 193 Å². The van der Waals surface area contributed by atoms with Gasteiger partial charge in [-0.25, -0.2) is 4.79 Å². The normalized spacial score (nSPS) is 11.8. The fraction of sp³-hybridized carbons (Fsp3) is 0.375. The van der Waals surface area contributed by atoms with Crippen molar-refractivity contribution in [3.05, 3.63) is 65.2 Å². The smallest absolute Gasteiger partial charge is 0.355 e. The van der Waals surface area contributed by atoms with Gasteiger partial charge in [0.15, 0.2) is 0 Å². The molecule has 7 nitrogen and oxygen atoms in total. The number of aromatic amines is 1. The predicted molar refractivity (Wildman–Crippen MR) is 130 cm³/mol. The Balaban J connectivity index is 3.34. The van der Waals surface area contributed by atoms with Gasteiger partial charge in [-0.3, -0.25) is 9.59 Å². The minimum Gasteiger partial charge on any atom is -0.481 e. The first-order valence-corrected chi connectivity index (χ1v) is 11.6. The first kappa shape index (κ1) is 27.0. The van der Waals surface area contributed by atoms with Crippen LogP contribution in [0.5, 0.6) is 0 Å². The van der Waals surface area contributed by atoms with Crippen molar-refractivity contribution in [1.82, 2.24) is 10.3 Å². The molecule has 3 N–H and O–H groups in total. The molecule has 1 heterocycles. The maximum atomic E-state index is 12.7. The molecular weight excluding hydrogens is 428 g/mol. The number of carbonyl (C=O) groups excluding carboxylic acids is 2. The molecule has 174 valence electrons. The van der Waals surface area contributed by atoms with Gasteiger partial charge in [-0.1, -0.05) is 24.3 Å². The van der Waals surface area contributed by atoms with Crippen LogP contribution in [0.25, 0.3) is 6.08 Å². The summed E-state index contributed by atoms with van der Waals surface area (Å²) in [5.41, 5.74) is 2.44. The van der Waals surface area contributed by atoms with Crippen molar-refractivity contribution in [1.29, 1.82) is 0 Å². The molecule has 32 heavy (non-hydrogen) atoms. The van der Waals surface area contributed by atoms with E-state index in [1.165, 1.54) is 6.20 Å². The lowest BCUT2D eigenvalue weighted by atomic mass is 10.0. The number of hydrogen-bond donors (Lipinski definition) is 3. The van der Waals surface area contributed by atoms with E-state index < -0.39 is 11.9 Å². The number of carbonyl (C=O) groups is 3. The molecule has 0 aliphatic rings. The van der Waals surface area contributed by atoms with Crippen molar-refractivity contribution in [2.45, 2.75) is 40.0 Å². The van der Waals surface area contributed by atoms with Gasteiger partial charge in [0, 0.05) is 23.4 Å². The number of nitrogens with one attached hydrogen (secondary N) is 2. The van der Waals surface area contributed by atoms with Gasteiger partial charge < -0.3 is 20.1 Å². The van der Waals surface area contributed by atoms with E-state index >= 15 is 0 Å². The summed E-state index contributed by atoms with van der Waals surface area (Å²) in [5.74, 6) is -0.109. The van der Waals surface area contributed by atoms with Crippen molar-refractivity contribution in [3.63, 3.8) is 0 Å². The van der Waals surface area contributed by atoms with Crippen LogP contribution in [0.4, 0.5) is 0 Å². The third-order valence-corrected chi connectivity index (χ3v) is 5.35. The van der Waals surface area contributed by atoms with E-state index in [-0.39, 0.29) is 31.0 Å². The maximum absolute atomic E-state index is 12.7. The fourth-order valence-electron chi connectivity index (χ4n) is 2.82. The van der Waals surface area contributed by atoms with E-state index in [0.717, 1.165) is 17.9 Å². The molecule has 0 fully saturated rings. The highest BCUT2D eigenvalue weighted by molar-refractivity contribution is 7.99. The van der Waals surface area contributed by atoms with E-state index in [4.69, 9.17) is 9.84 Å². The van der Waals surface area contributed by atoms with E-state index in [1.807, 2.05) is 12.2 Å². The molecule has 0 saturated carbocycles. The molecular formula is C24H32N2O5S. The Hall–Kier alpha value is -3.00. The van der Waals surface area contributed by atoms with E-state index in [9.17, 15) is 14.4 Å².